The fourth-order valence-electron chi connectivity index (χ4n) is 3.14. The summed E-state index contributed by atoms with van der Waals surface area (Å²) in [5.74, 6) is 0.503. The van der Waals surface area contributed by atoms with E-state index in [1.807, 2.05) is 12.1 Å². The maximum absolute atomic E-state index is 12.2. The van der Waals surface area contributed by atoms with Crippen molar-refractivity contribution in [2.75, 3.05) is 29.9 Å². The van der Waals surface area contributed by atoms with Gasteiger partial charge in [-0.1, -0.05) is 6.92 Å². The maximum Gasteiger partial charge on any atom is 0.241 e. The molecule has 0 spiro atoms. The Morgan fingerprint density at radius 2 is 1.95 bits per heavy atom. The second kappa shape index (κ2) is 5.83. The van der Waals surface area contributed by atoms with E-state index in [1.54, 1.807) is 0 Å². The van der Waals surface area contributed by atoms with Crippen molar-refractivity contribution in [3.8, 4) is 0 Å². The highest BCUT2D eigenvalue weighted by Gasteiger charge is 2.29. The normalized spacial score (nSPS) is 25.9. The van der Waals surface area contributed by atoms with Gasteiger partial charge in [0.1, 0.15) is 0 Å². The Labute approximate surface area is 120 Å². The number of carbonyl (C=O) groups is 1. The van der Waals surface area contributed by atoms with Gasteiger partial charge in [0.05, 0.1) is 6.04 Å². The summed E-state index contributed by atoms with van der Waals surface area (Å²) in [7, 11) is 0. The lowest BCUT2D eigenvalue weighted by atomic mass is 10.0. The molecule has 2 N–H and O–H groups in total. The topological polar surface area (TPSA) is 44.4 Å². The zero-order valence-corrected chi connectivity index (χ0v) is 12.1. The highest BCUT2D eigenvalue weighted by Crippen LogP contribution is 2.23. The lowest BCUT2D eigenvalue weighted by Gasteiger charge is -2.19. The predicted molar refractivity (Wildman–Crippen MR) is 82.1 cm³/mol. The molecule has 4 nitrogen and oxygen atoms in total. The Kier molecular flexibility index (Phi) is 3.92. The van der Waals surface area contributed by atoms with E-state index in [-0.39, 0.29) is 11.9 Å². The molecule has 2 unspecified atom stereocenters. The zero-order chi connectivity index (χ0) is 13.9. The van der Waals surface area contributed by atoms with Gasteiger partial charge in [0.2, 0.25) is 5.91 Å². The molecule has 0 aliphatic carbocycles. The smallest absolute Gasteiger partial charge is 0.241 e. The van der Waals surface area contributed by atoms with E-state index >= 15 is 0 Å². The number of hydrogen-bond donors (Lipinski definition) is 2. The van der Waals surface area contributed by atoms with Crippen molar-refractivity contribution in [2.24, 2.45) is 5.92 Å². The molecule has 2 heterocycles. The monoisotopic (exact) mass is 273 g/mol. The molecular weight excluding hydrogens is 250 g/mol. The third kappa shape index (κ3) is 2.80. The fraction of sp³-hybridized carbons (Fsp3) is 0.562. The van der Waals surface area contributed by atoms with Crippen molar-refractivity contribution in [1.29, 1.82) is 0 Å². The molecular formula is C16H23N3O. The lowest BCUT2D eigenvalue weighted by Crippen LogP contribution is -2.39. The third-order valence-electron chi connectivity index (χ3n) is 4.42. The molecule has 2 aliphatic rings. The van der Waals surface area contributed by atoms with Gasteiger partial charge in [-0.25, -0.2) is 0 Å². The fourth-order valence-corrected chi connectivity index (χ4v) is 3.14. The van der Waals surface area contributed by atoms with E-state index in [1.165, 1.54) is 18.5 Å². The molecule has 2 atom stereocenters. The Morgan fingerprint density at radius 3 is 2.55 bits per heavy atom. The van der Waals surface area contributed by atoms with Crippen LogP contribution in [0, 0.1) is 5.92 Å². The summed E-state index contributed by atoms with van der Waals surface area (Å²) in [6, 6.07) is 8.17. The molecule has 20 heavy (non-hydrogen) atoms. The summed E-state index contributed by atoms with van der Waals surface area (Å²) < 4.78 is 0. The maximum atomic E-state index is 12.2. The second-order valence-corrected chi connectivity index (χ2v) is 5.93. The molecule has 0 saturated carbocycles. The molecule has 0 aromatic heterocycles. The van der Waals surface area contributed by atoms with Crippen LogP contribution in [0.25, 0.3) is 0 Å². The number of nitrogens with zero attached hydrogens (tertiary/aromatic N) is 1. The number of anilines is 2. The minimum atomic E-state index is -0.0479. The Bertz CT molecular complexity index is 465. The summed E-state index contributed by atoms with van der Waals surface area (Å²) in [5, 5.41) is 6.27. The van der Waals surface area contributed by atoms with Crippen molar-refractivity contribution >= 4 is 17.3 Å². The largest absolute Gasteiger partial charge is 0.372 e. The number of rotatable bonds is 3. The summed E-state index contributed by atoms with van der Waals surface area (Å²) in [6.45, 7) is 5.36. The molecule has 3 rings (SSSR count). The van der Waals surface area contributed by atoms with Crippen LogP contribution in [0.5, 0.6) is 0 Å². The summed E-state index contributed by atoms with van der Waals surface area (Å²) in [4.78, 5) is 14.6. The minimum Gasteiger partial charge on any atom is -0.372 e. The molecule has 108 valence electrons. The predicted octanol–water partition coefficient (Wildman–Crippen LogP) is 2.22. The molecule has 1 aromatic rings. The third-order valence-corrected chi connectivity index (χ3v) is 4.42. The van der Waals surface area contributed by atoms with Crippen molar-refractivity contribution in [2.45, 2.75) is 32.2 Å². The standard InChI is InChI=1S/C16H23N3O/c1-12-8-9-17-15(12)16(20)18-13-4-6-14(7-5-13)19-10-2-3-11-19/h4-7,12,15,17H,2-3,8-11H2,1H3,(H,18,20). The average molecular weight is 273 g/mol. The molecule has 0 bridgehead atoms. The molecule has 2 aliphatic heterocycles. The van der Waals surface area contributed by atoms with E-state index in [2.05, 4.69) is 34.6 Å². The van der Waals surface area contributed by atoms with Crippen molar-refractivity contribution in [3.63, 3.8) is 0 Å². The summed E-state index contributed by atoms with van der Waals surface area (Å²) >= 11 is 0. The van der Waals surface area contributed by atoms with Crippen LogP contribution in [-0.4, -0.2) is 31.6 Å². The van der Waals surface area contributed by atoms with Crippen LogP contribution >= 0.6 is 0 Å². The Morgan fingerprint density at radius 1 is 1.25 bits per heavy atom. The highest BCUT2D eigenvalue weighted by atomic mass is 16.2. The van der Waals surface area contributed by atoms with Crippen molar-refractivity contribution in [3.05, 3.63) is 24.3 Å². The molecule has 1 aromatic carbocycles. The van der Waals surface area contributed by atoms with Crippen LogP contribution in [-0.2, 0) is 4.79 Å². The summed E-state index contributed by atoms with van der Waals surface area (Å²) in [6.07, 6.45) is 3.64. The molecule has 0 radical (unpaired) electrons. The van der Waals surface area contributed by atoms with E-state index in [4.69, 9.17) is 0 Å². The van der Waals surface area contributed by atoms with Crippen LogP contribution in [0.15, 0.2) is 24.3 Å². The molecule has 1 amide bonds. The van der Waals surface area contributed by atoms with E-state index in [9.17, 15) is 4.79 Å². The zero-order valence-electron chi connectivity index (χ0n) is 12.1. The Hall–Kier alpha value is -1.55. The number of carbonyl (C=O) groups excluding carboxylic acids is 1. The first kappa shape index (κ1) is 13.4. The SMILES string of the molecule is CC1CCNC1C(=O)Nc1ccc(N2CCCC2)cc1. The van der Waals surface area contributed by atoms with Crippen molar-refractivity contribution in [1.82, 2.24) is 5.32 Å². The quantitative estimate of drug-likeness (QED) is 0.887. The van der Waals surface area contributed by atoms with Crippen LogP contribution < -0.4 is 15.5 Å². The van der Waals surface area contributed by atoms with Gasteiger partial charge in [-0.15, -0.1) is 0 Å². The minimum absolute atomic E-state index is 0.0479. The van der Waals surface area contributed by atoms with E-state index < -0.39 is 0 Å². The van der Waals surface area contributed by atoms with Gasteiger partial charge >= 0.3 is 0 Å². The van der Waals surface area contributed by atoms with Gasteiger partial charge in [0.25, 0.3) is 0 Å². The van der Waals surface area contributed by atoms with Crippen LogP contribution in [0.1, 0.15) is 26.2 Å². The van der Waals surface area contributed by atoms with Crippen LogP contribution in [0.2, 0.25) is 0 Å². The Balaban J connectivity index is 1.61. The summed E-state index contributed by atoms with van der Waals surface area (Å²) in [5.41, 5.74) is 2.15. The molecule has 2 fully saturated rings. The second-order valence-electron chi connectivity index (χ2n) is 5.93. The number of nitrogens with one attached hydrogen (secondary N) is 2. The van der Waals surface area contributed by atoms with Gasteiger partial charge < -0.3 is 15.5 Å². The number of benzene rings is 1. The number of hydrogen-bond acceptors (Lipinski definition) is 3. The van der Waals surface area contributed by atoms with E-state index in [0.29, 0.717) is 5.92 Å². The van der Waals surface area contributed by atoms with Gasteiger partial charge in [-0.3, -0.25) is 4.79 Å². The molecule has 4 heteroatoms. The van der Waals surface area contributed by atoms with Gasteiger partial charge in [0, 0.05) is 24.5 Å². The van der Waals surface area contributed by atoms with Crippen LogP contribution in [0.3, 0.4) is 0 Å². The average Bonchev–Trinajstić information content (AvgIpc) is 3.10. The van der Waals surface area contributed by atoms with Gasteiger partial charge in [0.15, 0.2) is 0 Å². The first-order valence-electron chi connectivity index (χ1n) is 7.63. The van der Waals surface area contributed by atoms with Crippen molar-refractivity contribution < 1.29 is 4.79 Å². The first-order valence-corrected chi connectivity index (χ1v) is 7.63. The van der Waals surface area contributed by atoms with Crippen LogP contribution in [0.4, 0.5) is 11.4 Å². The highest BCUT2D eigenvalue weighted by molar-refractivity contribution is 5.95. The lowest BCUT2D eigenvalue weighted by molar-refractivity contribution is -0.118. The van der Waals surface area contributed by atoms with E-state index in [0.717, 1.165) is 31.7 Å². The molecule has 2 saturated heterocycles. The van der Waals surface area contributed by atoms with Gasteiger partial charge in [-0.05, 0) is 56.0 Å². The van der Waals surface area contributed by atoms with Gasteiger partial charge in [-0.2, -0.15) is 0 Å². The first-order chi connectivity index (χ1) is 9.74. The number of amides is 1.